The molecule has 0 bridgehead atoms. The van der Waals surface area contributed by atoms with E-state index in [1.54, 1.807) is 6.08 Å². The first-order chi connectivity index (χ1) is 22.7. The number of aliphatic hydroxyl groups is 2. The summed E-state index contributed by atoms with van der Waals surface area (Å²) in [6.07, 6.45) is 51.7. The second-order valence-electron chi connectivity index (χ2n) is 13.0. The maximum Gasteiger partial charge on any atom is 0.220 e. The highest BCUT2D eigenvalue weighted by molar-refractivity contribution is 5.76. The van der Waals surface area contributed by atoms with Crippen LogP contribution in [0.5, 0.6) is 0 Å². The standard InChI is InChI=1S/C42H75NO3/c1-3-5-7-9-11-13-15-17-19-21-23-25-27-29-31-33-35-37-41(45)40(39-44)43-42(46)38-36-34-32-30-28-26-24-22-20-18-16-14-12-10-8-6-4-2/h6,8,12,14,18,20,27,29,35,37,40-41,44-45H,3-5,7,9-11,13,15-17,19,21-26,28,30-34,36,38-39H2,1-2H3,(H,43,46)/b8-6-,14-12-,20-18-,29-27+,37-35+. The fourth-order valence-corrected chi connectivity index (χ4v) is 5.50. The van der Waals surface area contributed by atoms with E-state index in [0.717, 1.165) is 64.2 Å². The molecule has 2 unspecified atom stereocenters. The van der Waals surface area contributed by atoms with E-state index in [2.05, 4.69) is 67.8 Å². The smallest absolute Gasteiger partial charge is 0.220 e. The van der Waals surface area contributed by atoms with Crippen molar-refractivity contribution in [2.75, 3.05) is 6.61 Å². The second kappa shape index (κ2) is 37.5. The summed E-state index contributed by atoms with van der Waals surface area (Å²) in [5.41, 5.74) is 0. The van der Waals surface area contributed by atoms with Gasteiger partial charge in [0.25, 0.3) is 0 Å². The first kappa shape index (κ1) is 44.1. The largest absolute Gasteiger partial charge is 0.394 e. The fraction of sp³-hybridized carbons (Fsp3) is 0.738. The van der Waals surface area contributed by atoms with E-state index in [-0.39, 0.29) is 12.5 Å². The van der Waals surface area contributed by atoms with Gasteiger partial charge in [-0.05, 0) is 64.2 Å². The van der Waals surface area contributed by atoms with E-state index in [0.29, 0.717) is 6.42 Å². The van der Waals surface area contributed by atoms with Crippen molar-refractivity contribution in [2.45, 2.75) is 193 Å². The van der Waals surface area contributed by atoms with Crippen molar-refractivity contribution < 1.29 is 15.0 Å². The normalized spacial score (nSPS) is 13.7. The summed E-state index contributed by atoms with van der Waals surface area (Å²) < 4.78 is 0. The molecule has 2 atom stereocenters. The van der Waals surface area contributed by atoms with Crippen LogP contribution in [0, 0.1) is 0 Å². The van der Waals surface area contributed by atoms with Gasteiger partial charge in [-0.3, -0.25) is 4.79 Å². The van der Waals surface area contributed by atoms with Crippen molar-refractivity contribution in [3.05, 3.63) is 60.8 Å². The highest BCUT2D eigenvalue weighted by atomic mass is 16.3. The van der Waals surface area contributed by atoms with Gasteiger partial charge in [0.1, 0.15) is 0 Å². The second-order valence-corrected chi connectivity index (χ2v) is 13.0. The molecule has 0 aliphatic carbocycles. The van der Waals surface area contributed by atoms with Crippen molar-refractivity contribution in [1.82, 2.24) is 5.32 Å². The van der Waals surface area contributed by atoms with Gasteiger partial charge in [-0.2, -0.15) is 0 Å². The van der Waals surface area contributed by atoms with E-state index in [1.165, 1.54) is 96.3 Å². The van der Waals surface area contributed by atoms with Crippen LogP contribution in [0.15, 0.2) is 60.8 Å². The van der Waals surface area contributed by atoms with Crippen LogP contribution in [0.1, 0.15) is 181 Å². The first-order valence-corrected chi connectivity index (χ1v) is 19.5. The molecule has 0 fully saturated rings. The van der Waals surface area contributed by atoms with Gasteiger partial charge in [-0.25, -0.2) is 0 Å². The zero-order valence-corrected chi connectivity index (χ0v) is 30.3. The molecule has 4 nitrogen and oxygen atoms in total. The Morgan fingerprint density at radius 1 is 0.543 bits per heavy atom. The lowest BCUT2D eigenvalue weighted by Crippen LogP contribution is -2.45. The van der Waals surface area contributed by atoms with Crippen molar-refractivity contribution in [3.8, 4) is 0 Å². The number of carbonyl (C=O) groups is 1. The molecule has 4 heteroatoms. The average molecular weight is 642 g/mol. The lowest BCUT2D eigenvalue weighted by molar-refractivity contribution is -0.123. The summed E-state index contributed by atoms with van der Waals surface area (Å²) in [6, 6.07) is -0.645. The Morgan fingerprint density at radius 2 is 0.978 bits per heavy atom. The van der Waals surface area contributed by atoms with Crippen LogP contribution in [0.4, 0.5) is 0 Å². The Kier molecular flexibility index (Phi) is 36.0. The lowest BCUT2D eigenvalue weighted by atomic mass is 10.1. The van der Waals surface area contributed by atoms with E-state index in [1.807, 2.05) is 6.08 Å². The molecule has 1 amide bonds. The van der Waals surface area contributed by atoms with Crippen LogP contribution >= 0.6 is 0 Å². The van der Waals surface area contributed by atoms with Gasteiger partial charge < -0.3 is 15.5 Å². The maximum absolute atomic E-state index is 12.3. The highest BCUT2D eigenvalue weighted by Crippen LogP contribution is 2.13. The molecule has 0 aromatic rings. The molecule has 0 saturated heterocycles. The Bertz CT molecular complexity index is 782. The SMILES string of the molecule is CC/C=C\C/C=C\C/C=C\CCCCCCCCCC(=O)NC(CO)C(O)/C=C/CC/C=C/CCCCCCCCCCCCC. The summed E-state index contributed by atoms with van der Waals surface area (Å²) in [5.74, 6) is -0.0871. The highest BCUT2D eigenvalue weighted by Gasteiger charge is 2.17. The topological polar surface area (TPSA) is 69.6 Å². The molecule has 46 heavy (non-hydrogen) atoms. The molecular weight excluding hydrogens is 566 g/mol. The Labute approximate surface area is 286 Å². The van der Waals surface area contributed by atoms with Crippen molar-refractivity contribution in [3.63, 3.8) is 0 Å². The van der Waals surface area contributed by atoms with Gasteiger partial charge in [-0.1, -0.05) is 171 Å². The minimum absolute atomic E-state index is 0.0871. The number of allylic oxidation sites excluding steroid dienone is 9. The molecule has 0 rings (SSSR count). The summed E-state index contributed by atoms with van der Waals surface area (Å²) in [7, 11) is 0. The van der Waals surface area contributed by atoms with E-state index < -0.39 is 12.1 Å². The first-order valence-electron chi connectivity index (χ1n) is 19.5. The zero-order chi connectivity index (χ0) is 33.6. The van der Waals surface area contributed by atoms with Crippen LogP contribution in [-0.2, 0) is 4.79 Å². The van der Waals surface area contributed by atoms with Gasteiger partial charge in [-0.15, -0.1) is 0 Å². The van der Waals surface area contributed by atoms with Crippen molar-refractivity contribution in [1.29, 1.82) is 0 Å². The zero-order valence-electron chi connectivity index (χ0n) is 30.3. The third-order valence-electron chi connectivity index (χ3n) is 8.48. The van der Waals surface area contributed by atoms with Crippen molar-refractivity contribution >= 4 is 5.91 Å². The van der Waals surface area contributed by atoms with Gasteiger partial charge in [0.05, 0.1) is 18.8 Å². The van der Waals surface area contributed by atoms with E-state index in [9.17, 15) is 15.0 Å². The van der Waals surface area contributed by atoms with E-state index in [4.69, 9.17) is 0 Å². The van der Waals surface area contributed by atoms with Gasteiger partial charge in [0.2, 0.25) is 5.91 Å². The number of nitrogens with one attached hydrogen (secondary N) is 1. The van der Waals surface area contributed by atoms with Crippen molar-refractivity contribution in [2.24, 2.45) is 0 Å². The van der Waals surface area contributed by atoms with Gasteiger partial charge >= 0.3 is 0 Å². The molecule has 0 aliphatic heterocycles. The molecule has 0 aliphatic rings. The quantitative estimate of drug-likeness (QED) is 0.0483. The number of amides is 1. The number of hydrogen-bond acceptors (Lipinski definition) is 3. The van der Waals surface area contributed by atoms with Crippen LogP contribution < -0.4 is 5.32 Å². The molecule has 0 aromatic carbocycles. The Hall–Kier alpha value is -1.91. The third kappa shape index (κ3) is 33.5. The lowest BCUT2D eigenvalue weighted by Gasteiger charge is -2.19. The van der Waals surface area contributed by atoms with Crippen LogP contribution in [0.2, 0.25) is 0 Å². The summed E-state index contributed by atoms with van der Waals surface area (Å²) in [6.45, 7) is 4.17. The Balaban J connectivity index is 3.69. The Morgan fingerprint density at radius 3 is 1.52 bits per heavy atom. The van der Waals surface area contributed by atoms with Crippen LogP contribution in [-0.4, -0.2) is 34.9 Å². The molecule has 0 heterocycles. The minimum atomic E-state index is -0.867. The summed E-state index contributed by atoms with van der Waals surface area (Å²) >= 11 is 0. The number of aliphatic hydroxyl groups excluding tert-OH is 2. The maximum atomic E-state index is 12.3. The average Bonchev–Trinajstić information content (AvgIpc) is 3.06. The molecule has 0 radical (unpaired) electrons. The fourth-order valence-electron chi connectivity index (χ4n) is 5.50. The third-order valence-corrected chi connectivity index (χ3v) is 8.48. The molecule has 266 valence electrons. The van der Waals surface area contributed by atoms with Gasteiger partial charge in [0.15, 0.2) is 0 Å². The predicted molar refractivity (Wildman–Crippen MR) is 202 cm³/mol. The summed E-state index contributed by atoms with van der Waals surface area (Å²) in [5, 5.41) is 22.9. The van der Waals surface area contributed by atoms with E-state index >= 15 is 0 Å². The molecule has 0 spiro atoms. The number of rotatable bonds is 34. The molecule has 3 N–H and O–H groups in total. The molecule has 0 saturated carbocycles. The van der Waals surface area contributed by atoms with Crippen LogP contribution in [0.25, 0.3) is 0 Å². The number of carbonyl (C=O) groups excluding carboxylic acids is 1. The van der Waals surface area contributed by atoms with Gasteiger partial charge in [0, 0.05) is 6.42 Å². The monoisotopic (exact) mass is 642 g/mol. The number of unbranched alkanes of at least 4 members (excludes halogenated alkanes) is 19. The number of hydrogen-bond donors (Lipinski definition) is 3. The van der Waals surface area contributed by atoms with Crippen LogP contribution in [0.3, 0.4) is 0 Å². The summed E-state index contributed by atoms with van der Waals surface area (Å²) in [4.78, 5) is 12.3. The minimum Gasteiger partial charge on any atom is -0.394 e. The predicted octanol–water partition coefficient (Wildman–Crippen LogP) is 11.8. The molecule has 0 aromatic heterocycles. The molecular formula is C42H75NO3.